The molecule has 5 nitrogen and oxygen atoms in total. The smallest absolute Gasteiger partial charge is 0.238 e. The molecule has 20 heavy (non-hydrogen) atoms. The predicted molar refractivity (Wildman–Crippen MR) is 82.3 cm³/mol. The first-order valence-corrected chi connectivity index (χ1v) is 8.62. The average molecular weight is 297 g/mol. The Balaban J connectivity index is 2.42. The molecule has 0 radical (unpaired) electrons. The van der Waals surface area contributed by atoms with Crippen molar-refractivity contribution in [1.82, 2.24) is 0 Å². The quantitative estimate of drug-likeness (QED) is 0.817. The highest BCUT2D eigenvalue weighted by atomic mass is 32.2. The van der Waals surface area contributed by atoms with Crippen molar-refractivity contribution in [2.75, 3.05) is 23.7 Å². The Morgan fingerprint density at radius 2 is 1.60 bits per heavy atom. The van der Waals surface area contributed by atoms with E-state index in [1.807, 2.05) is 6.07 Å². The Hall–Kier alpha value is -1.27. The number of sulfonamides is 1. The minimum Gasteiger partial charge on any atom is -0.399 e. The number of hydrogen-bond acceptors (Lipinski definition) is 4. The molecule has 0 atom stereocenters. The van der Waals surface area contributed by atoms with Gasteiger partial charge in [-0.3, -0.25) is 0 Å². The Kier molecular flexibility index (Phi) is 4.55. The van der Waals surface area contributed by atoms with Gasteiger partial charge in [-0.15, -0.1) is 0 Å². The zero-order valence-corrected chi connectivity index (χ0v) is 12.7. The van der Waals surface area contributed by atoms with E-state index in [4.69, 9.17) is 10.9 Å². The zero-order valence-electron chi connectivity index (χ0n) is 11.9. The Bertz CT molecular complexity index is 576. The number of nitrogen functional groups attached to an aromatic ring is 1. The van der Waals surface area contributed by atoms with Crippen molar-refractivity contribution in [3.8, 4) is 0 Å². The Labute approximate surface area is 121 Å². The molecule has 0 aromatic heterocycles. The highest BCUT2D eigenvalue weighted by Gasteiger charge is 2.19. The summed E-state index contributed by atoms with van der Waals surface area (Å²) in [6, 6.07) is 3.30. The number of nitrogens with zero attached hydrogens (tertiary/aromatic N) is 1. The van der Waals surface area contributed by atoms with Gasteiger partial charge in [0.2, 0.25) is 10.0 Å². The van der Waals surface area contributed by atoms with E-state index in [-0.39, 0.29) is 4.90 Å². The number of benzene rings is 1. The molecule has 0 bridgehead atoms. The molecule has 1 fully saturated rings. The second-order valence-electron chi connectivity index (χ2n) is 5.46. The predicted octanol–water partition coefficient (Wildman–Crippen LogP) is 2.00. The summed E-state index contributed by atoms with van der Waals surface area (Å²) in [4.78, 5) is 2.37. The molecule has 0 saturated carbocycles. The number of primary sulfonamides is 1. The Morgan fingerprint density at radius 1 is 1.05 bits per heavy atom. The summed E-state index contributed by atoms with van der Waals surface area (Å²) >= 11 is 0. The van der Waals surface area contributed by atoms with Gasteiger partial charge >= 0.3 is 0 Å². The number of nitrogens with two attached hydrogens (primary N) is 2. The number of rotatable bonds is 2. The fraction of sp³-hybridized carbons (Fsp3) is 0.571. The molecule has 6 heteroatoms. The van der Waals surface area contributed by atoms with Crippen molar-refractivity contribution in [3.05, 3.63) is 17.7 Å². The average Bonchev–Trinajstić information content (AvgIpc) is 2.30. The van der Waals surface area contributed by atoms with Crippen LogP contribution >= 0.6 is 0 Å². The van der Waals surface area contributed by atoms with Gasteiger partial charge in [-0.05, 0) is 37.5 Å². The first-order valence-electron chi connectivity index (χ1n) is 7.07. The normalized spacial score (nSPS) is 17.6. The molecule has 2 rings (SSSR count). The van der Waals surface area contributed by atoms with Crippen molar-refractivity contribution >= 4 is 21.4 Å². The molecule has 1 heterocycles. The topological polar surface area (TPSA) is 89.4 Å². The van der Waals surface area contributed by atoms with Crippen LogP contribution in [0.4, 0.5) is 11.4 Å². The third-order valence-electron chi connectivity index (χ3n) is 3.86. The summed E-state index contributed by atoms with van der Waals surface area (Å²) in [5, 5.41) is 5.28. The van der Waals surface area contributed by atoms with Crippen LogP contribution in [-0.4, -0.2) is 21.5 Å². The summed E-state index contributed by atoms with van der Waals surface area (Å²) in [7, 11) is -3.74. The molecule has 0 aliphatic carbocycles. The second-order valence-corrected chi connectivity index (χ2v) is 6.99. The van der Waals surface area contributed by atoms with Crippen LogP contribution in [0.2, 0.25) is 0 Å². The van der Waals surface area contributed by atoms with Gasteiger partial charge in [0, 0.05) is 24.5 Å². The van der Waals surface area contributed by atoms with Gasteiger partial charge in [0.05, 0.1) is 4.90 Å². The van der Waals surface area contributed by atoms with Gasteiger partial charge in [-0.2, -0.15) is 0 Å². The van der Waals surface area contributed by atoms with E-state index in [1.54, 1.807) is 6.92 Å². The van der Waals surface area contributed by atoms with Crippen molar-refractivity contribution in [2.45, 2.75) is 43.9 Å². The van der Waals surface area contributed by atoms with Crippen LogP contribution in [0.3, 0.4) is 0 Å². The first-order chi connectivity index (χ1) is 9.39. The molecule has 1 aromatic carbocycles. The maximum Gasteiger partial charge on any atom is 0.238 e. The van der Waals surface area contributed by atoms with Crippen molar-refractivity contribution in [2.24, 2.45) is 5.14 Å². The number of hydrogen-bond donors (Lipinski definition) is 2. The van der Waals surface area contributed by atoms with Crippen LogP contribution in [0.15, 0.2) is 17.0 Å². The SMILES string of the molecule is Cc1c(N2CCCCCCC2)cc(N)cc1S(N)(=O)=O. The standard InChI is InChI=1S/C14H23N3O2S/c1-11-13(17-7-5-3-2-4-6-8-17)9-12(15)10-14(11)20(16,18)19/h9-10H,2-8,15H2,1H3,(H2,16,18,19). The van der Waals surface area contributed by atoms with Crippen LogP contribution in [0.25, 0.3) is 0 Å². The fourth-order valence-electron chi connectivity index (χ4n) is 2.81. The Morgan fingerprint density at radius 3 is 2.15 bits per heavy atom. The zero-order chi connectivity index (χ0) is 14.8. The summed E-state index contributed by atoms with van der Waals surface area (Å²) in [5.41, 5.74) is 7.89. The lowest BCUT2D eigenvalue weighted by molar-refractivity contribution is 0.555. The molecule has 1 aromatic rings. The van der Waals surface area contributed by atoms with E-state index in [9.17, 15) is 8.42 Å². The second kappa shape index (κ2) is 6.01. The highest BCUT2D eigenvalue weighted by molar-refractivity contribution is 7.89. The summed E-state index contributed by atoms with van der Waals surface area (Å²) < 4.78 is 23.3. The maximum absolute atomic E-state index is 11.7. The van der Waals surface area contributed by atoms with Gasteiger partial charge in [0.1, 0.15) is 0 Å². The van der Waals surface area contributed by atoms with E-state index in [1.165, 1.54) is 25.3 Å². The van der Waals surface area contributed by atoms with Crippen LogP contribution < -0.4 is 15.8 Å². The van der Waals surface area contributed by atoms with Crippen LogP contribution in [0, 0.1) is 6.92 Å². The molecule has 4 N–H and O–H groups in total. The highest BCUT2D eigenvalue weighted by Crippen LogP contribution is 2.30. The molecule has 0 amide bonds. The van der Waals surface area contributed by atoms with E-state index in [2.05, 4.69) is 4.90 Å². The number of anilines is 2. The lowest BCUT2D eigenvalue weighted by atomic mass is 10.1. The largest absolute Gasteiger partial charge is 0.399 e. The minimum atomic E-state index is -3.74. The molecule has 1 saturated heterocycles. The molecule has 1 aliphatic heterocycles. The van der Waals surface area contributed by atoms with E-state index < -0.39 is 10.0 Å². The molecule has 112 valence electrons. The monoisotopic (exact) mass is 297 g/mol. The van der Waals surface area contributed by atoms with Gasteiger partial charge < -0.3 is 10.6 Å². The summed E-state index contributed by atoms with van der Waals surface area (Å²) in [6.07, 6.45) is 5.98. The third-order valence-corrected chi connectivity index (χ3v) is 4.90. The minimum absolute atomic E-state index is 0.134. The molecular weight excluding hydrogens is 274 g/mol. The van der Waals surface area contributed by atoms with Crippen LogP contribution in [0.5, 0.6) is 0 Å². The summed E-state index contributed by atoms with van der Waals surface area (Å²) in [5.74, 6) is 0. The van der Waals surface area contributed by atoms with E-state index in [0.717, 1.165) is 31.6 Å². The lowest BCUT2D eigenvalue weighted by Gasteiger charge is -2.29. The molecule has 0 spiro atoms. The van der Waals surface area contributed by atoms with Gasteiger partial charge in [0.25, 0.3) is 0 Å². The van der Waals surface area contributed by atoms with Crippen molar-refractivity contribution in [1.29, 1.82) is 0 Å². The van der Waals surface area contributed by atoms with E-state index in [0.29, 0.717) is 11.3 Å². The lowest BCUT2D eigenvalue weighted by Crippen LogP contribution is -2.28. The van der Waals surface area contributed by atoms with E-state index >= 15 is 0 Å². The molecule has 0 unspecified atom stereocenters. The molecule has 1 aliphatic rings. The first kappa shape index (κ1) is 15.1. The van der Waals surface area contributed by atoms with Crippen LogP contribution in [0.1, 0.15) is 37.7 Å². The fourth-order valence-corrected chi connectivity index (χ4v) is 3.64. The van der Waals surface area contributed by atoms with Crippen molar-refractivity contribution in [3.63, 3.8) is 0 Å². The molecular formula is C14H23N3O2S. The third kappa shape index (κ3) is 3.43. The maximum atomic E-state index is 11.7. The summed E-state index contributed by atoms with van der Waals surface area (Å²) in [6.45, 7) is 3.68. The van der Waals surface area contributed by atoms with Gasteiger partial charge in [0.15, 0.2) is 0 Å². The van der Waals surface area contributed by atoms with Crippen LogP contribution in [-0.2, 0) is 10.0 Å². The van der Waals surface area contributed by atoms with Gasteiger partial charge in [-0.1, -0.05) is 19.3 Å². The van der Waals surface area contributed by atoms with Crippen molar-refractivity contribution < 1.29 is 8.42 Å². The van der Waals surface area contributed by atoms with Gasteiger partial charge in [-0.25, -0.2) is 13.6 Å².